The summed E-state index contributed by atoms with van der Waals surface area (Å²) in [5, 5.41) is 8.59. The number of aromatic nitrogens is 1. The van der Waals surface area contributed by atoms with Gasteiger partial charge in [0.2, 0.25) is 0 Å². The summed E-state index contributed by atoms with van der Waals surface area (Å²) in [5.41, 5.74) is 5.35. The molecule has 0 spiro atoms. The van der Waals surface area contributed by atoms with Crippen LogP contribution in [0.15, 0.2) is 72.9 Å². The van der Waals surface area contributed by atoms with Gasteiger partial charge in [-0.1, -0.05) is 60.7 Å². The van der Waals surface area contributed by atoms with Gasteiger partial charge < -0.3 is 14.7 Å². The molecule has 1 heterocycles. The van der Waals surface area contributed by atoms with Gasteiger partial charge in [0.1, 0.15) is 6.61 Å². The van der Waals surface area contributed by atoms with Crippen LogP contribution in [-0.4, -0.2) is 42.9 Å². The van der Waals surface area contributed by atoms with Crippen LogP contribution in [0.1, 0.15) is 12.8 Å². The zero-order chi connectivity index (χ0) is 20.5. The van der Waals surface area contributed by atoms with E-state index in [1.54, 1.807) is 0 Å². The van der Waals surface area contributed by atoms with E-state index in [1.165, 1.54) is 0 Å². The topological polar surface area (TPSA) is 62.7 Å². The number of carboxylic acids is 1. The minimum Gasteiger partial charge on any atom is -0.480 e. The van der Waals surface area contributed by atoms with Crippen molar-refractivity contribution in [1.82, 2.24) is 4.98 Å². The Kier molecular flexibility index (Phi) is 7.36. The Morgan fingerprint density at radius 3 is 2.31 bits per heavy atom. The summed E-state index contributed by atoms with van der Waals surface area (Å²) in [6, 6.07) is 22.7. The van der Waals surface area contributed by atoms with Crippen LogP contribution in [0.25, 0.3) is 22.4 Å². The fourth-order valence-electron chi connectivity index (χ4n) is 3.17. The minimum absolute atomic E-state index is 0.235. The molecule has 1 N–H and O–H groups in total. The van der Waals surface area contributed by atoms with Crippen molar-refractivity contribution in [3.63, 3.8) is 0 Å². The molecule has 5 nitrogen and oxygen atoms in total. The van der Waals surface area contributed by atoms with Gasteiger partial charge in [-0.3, -0.25) is 4.98 Å². The number of benzene rings is 2. The average molecular weight is 390 g/mol. The maximum atomic E-state index is 10.5. The maximum absolute atomic E-state index is 10.5. The summed E-state index contributed by atoms with van der Waals surface area (Å²) < 4.78 is 5.09. The standard InChI is InChI=1S/C24H26N2O3/c1-26(14-8-9-15-29-18-23(27)28)21-16-22(19-10-4-2-5-11-19)24(25-17-21)20-12-6-3-7-13-20/h2-7,10-13,16-17H,8-9,14-15,18H2,1H3,(H,27,28). The van der Waals surface area contributed by atoms with Gasteiger partial charge in [-0.05, 0) is 24.5 Å². The van der Waals surface area contributed by atoms with Crippen LogP contribution in [0.4, 0.5) is 5.69 Å². The molecule has 2 aromatic carbocycles. The van der Waals surface area contributed by atoms with Crippen molar-refractivity contribution in [1.29, 1.82) is 0 Å². The molecule has 0 fully saturated rings. The van der Waals surface area contributed by atoms with Crippen LogP contribution in [0.3, 0.4) is 0 Å². The van der Waals surface area contributed by atoms with E-state index in [9.17, 15) is 4.79 Å². The van der Waals surface area contributed by atoms with Crippen molar-refractivity contribution in [2.75, 3.05) is 31.7 Å². The van der Waals surface area contributed by atoms with Crippen molar-refractivity contribution in [3.8, 4) is 22.4 Å². The molecule has 0 unspecified atom stereocenters. The molecule has 5 heteroatoms. The Morgan fingerprint density at radius 2 is 1.66 bits per heavy atom. The first kappa shape index (κ1) is 20.6. The molecular formula is C24H26N2O3. The number of nitrogens with zero attached hydrogens (tertiary/aromatic N) is 2. The lowest BCUT2D eigenvalue weighted by molar-refractivity contribution is -0.142. The third kappa shape index (κ3) is 5.90. The Hall–Kier alpha value is -3.18. The molecule has 0 aliphatic rings. The van der Waals surface area contributed by atoms with Crippen molar-refractivity contribution in [2.24, 2.45) is 0 Å². The highest BCUT2D eigenvalue weighted by Crippen LogP contribution is 2.33. The largest absolute Gasteiger partial charge is 0.480 e. The fraction of sp³-hybridized carbons (Fsp3) is 0.250. The Labute approximate surface area is 171 Å². The zero-order valence-electron chi connectivity index (χ0n) is 16.6. The van der Waals surface area contributed by atoms with E-state index >= 15 is 0 Å². The molecule has 0 aliphatic heterocycles. The zero-order valence-corrected chi connectivity index (χ0v) is 16.6. The molecular weight excluding hydrogens is 364 g/mol. The molecule has 3 aromatic rings. The minimum atomic E-state index is -0.930. The summed E-state index contributed by atoms with van der Waals surface area (Å²) in [6.07, 6.45) is 3.64. The van der Waals surface area contributed by atoms with E-state index in [1.807, 2.05) is 49.6 Å². The van der Waals surface area contributed by atoms with Crippen molar-refractivity contribution in [2.45, 2.75) is 12.8 Å². The third-order valence-corrected chi connectivity index (χ3v) is 4.70. The third-order valence-electron chi connectivity index (χ3n) is 4.70. The number of unbranched alkanes of at least 4 members (excludes halogenated alkanes) is 1. The number of hydrogen-bond acceptors (Lipinski definition) is 4. The first-order valence-corrected chi connectivity index (χ1v) is 9.76. The first-order chi connectivity index (χ1) is 14.1. The number of carboxylic acid groups (broad SMARTS) is 1. The van der Waals surface area contributed by atoms with Crippen LogP contribution < -0.4 is 4.90 Å². The van der Waals surface area contributed by atoms with Gasteiger partial charge in [0.25, 0.3) is 0 Å². The number of aliphatic carboxylic acids is 1. The number of pyridine rings is 1. The van der Waals surface area contributed by atoms with Crippen molar-refractivity contribution in [3.05, 3.63) is 72.9 Å². The van der Waals surface area contributed by atoms with Crippen LogP contribution in [0.2, 0.25) is 0 Å². The van der Waals surface area contributed by atoms with Gasteiger partial charge >= 0.3 is 5.97 Å². The van der Waals surface area contributed by atoms with E-state index < -0.39 is 5.97 Å². The molecule has 0 amide bonds. The quantitative estimate of drug-likeness (QED) is 0.507. The molecule has 0 saturated carbocycles. The van der Waals surface area contributed by atoms with Crippen molar-refractivity contribution >= 4 is 11.7 Å². The monoisotopic (exact) mass is 390 g/mol. The predicted molar refractivity (Wildman–Crippen MR) is 116 cm³/mol. The molecule has 29 heavy (non-hydrogen) atoms. The highest BCUT2D eigenvalue weighted by atomic mass is 16.5. The average Bonchev–Trinajstić information content (AvgIpc) is 2.76. The smallest absolute Gasteiger partial charge is 0.329 e. The number of hydrogen-bond donors (Lipinski definition) is 1. The molecule has 3 rings (SSSR count). The molecule has 150 valence electrons. The van der Waals surface area contributed by atoms with E-state index in [0.29, 0.717) is 6.61 Å². The van der Waals surface area contributed by atoms with E-state index in [4.69, 9.17) is 14.8 Å². The van der Waals surface area contributed by atoms with Crippen LogP contribution in [-0.2, 0) is 9.53 Å². The molecule has 0 saturated heterocycles. The van der Waals surface area contributed by atoms with Crippen LogP contribution in [0.5, 0.6) is 0 Å². The number of anilines is 1. The van der Waals surface area contributed by atoms with E-state index in [2.05, 4.69) is 35.2 Å². The lowest BCUT2D eigenvalue weighted by Gasteiger charge is -2.21. The van der Waals surface area contributed by atoms with Gasteiger partial charge in [-0.2, -0.15) is 0 Å². The van der Waals surface area contributed by atoms with Gasteiger partial charge in [0, 0.05) is 31.3 Å². The second kappa shape index (κ2) is 10.4. The van der Waals surface area contributed by atoms with Gasteiger partial charge in [-0.15, -0.1) is 0 Å². The van der Waals surface area contributed by atoms with Crippen LogP contribution in [0, 0.1) is 0 Å². The van der Waals surface area contributed by atoms with Gasteiger partial charge in [0.15, 0.2) is 0 Å². The summed E-state index contributed by atoms with van der Waals surface area (Å²) in [6.45, 7) is 1.07. The van der Waals surface area contributed by atoms with E-state index in [-0.39, 0.29) is 6.61 Å². The number of rotatable bonds is 10. The highest BCUT2D eigenvalue weighted by molar-refractivity contribution is 5.82. The molecule has 0 bridgehead atoms. The Bertz CT molecular complexity index is 914. The van der Waals surface area contributed by atoms with E-state index in [0.717, 1.165) is 47.5 Å². The summed E-state index contributed by atoms with van der Waals surface area (Å²) >= 11 is 0. The second-order valence-electron chi connectivity index (χ2n) is 6.90. The molecule has 0 radical (unpaired) electrons. The van der Waals surface area contributed by atoms with Crippen LogP contribution >= 0.6 is 0 Å². The SMILES string of the molecule is CN(CCCCOCC(=O)O)c1cnc(-c2ccccc2)c(-c2ccccc2)c1. The maximum Gasteiger partial charge on any atom is 0.329 e. The molecule has 1 aromatic heterocycles. The molecule has 0 atom stereocenters. The highest BCUT2D eigenvalue weighted by Gasteiger charge is 2.12. The Morgan fingerprint density at radius 1 is 1.00 bits per heavy atom. The predicted octanol–water partition coefficient (Wildman–Crippen LogP) is 4.73. The lowest BCUT2D eigenvalue weighted by atomic mass is 9.99. The number of ether oxygens (including phenoxy) is 1. The fourth-order valence-corrected chi connectivity index (χ4v) is 3.17. The number of carbonyl (C=O) groups is 1. The van der Waals surface area contributed by atoms with Gasteiger partial charge in [0.05, 0.1) is 17.6 Å². The second-order valence-corrected chi connectivity index (χ2v) is 6.90. The molecule has 0 aliphatic carbocycles. The van der Waals surface area contributed by atoms with Gasteiger partial charge in [-0.25, -0.2) is 4.79 Å². The summed E-state index contributed by atoms with van der Waals surface area (Å²) in [5.74, 6) is -0.930. The lowest BCUT2D eigenvalue weighted by Crippen LogP contribution is -2.19. The Balaban J connectivity index is 1.74. The summed E-state index contributed by atoms with van der Waals surface area (Å²) in [4.78, 5) is 17.4. The first-order valence-electron chi connectivity index (χ1n) is 9.76. The normalized spacial score (nSPS) is 10.7. The summed E-state index contributed by atoms with van der Waals surface area (Å²) in [7, 11) is 2.05. The van der Waals surface area contributed by atoms with Crippen molar-refractivity contribution < 1.29 is 14.6 Å².